The fourth-order valence-electron chi connectivity index (χ4n) is 3.45. The molecular weight excluding hydrogens is 235 g/mol. The lowest BCUT2D eigenvalue weighted by molar-refractivity contribution is 0.242. The normalized spacial score (nSPS) is 30.4. The number of hydrogen-bond donors (Lipinski definition) is 0. The van der Waals surface area contributed by atoms with Gasteiger partial charge >= 0.3 is 0 Å². The summed E-state index contributed by atoms with van der Waals surface area (Å²) in [7, 11) is 0.00778. The van der Waals surface area contributed by atoms with Crippen LogP contribution in [0.5, 0.6) is 0 Å². The first-order chi connectivity index (χ1) is 8.59. The largest absolute Gasteiger partial charge is 0.0750 e. The summed E-state index contributed by atoms with van der Waals surface area (Å²) in [6, 6.07) is 11.2. The van der Waals surface area contributed by atoms with Crippen LogP contribution >= 0.6 is 7.92 Å². The van der Waals surface area contributed by atoms with Crippen molar-refractivity contribution in [2.75, 3.05) is 6.66 Å². The van der Waals surface area contributed by atoms with Gasteiger partial charge < -0.3 is 0 Å². The van der Waals surface area contributed by atoms with Crippen LogP contribution in [0.15, 0.2) is 30.3 Å². The lowest BCUT2D eigenvalue weighted by Crippen LogP contribution is -2.32. The Morgan fingerprint density at radius 3 is 2.39 bits per heavy atom. The molecule has 0 spiro atoms. The van der Waals surface area contributed by atoms with Crippen molar-refractivity contribution in [1.29, 1.82) is 0 Å². The number of rotatable bonds is 3. The van der Waals surface area contributed by atoms with E-state index in [4.69, 9.17) is 0 Å². The van der Waals surface area contributed by atoms with Crippen molar-refractivity contribution in [2.45, 2.75) is 45.7 Å². The van der Waals surface area contributed by atoms with Crippen LogP contribution in [-0.2, 0) is 0 Å². The van der Waals surface area contributed by atoms with Crippen molar-refractivity contribution in [1.82, 2.24) is 0 Å². The van der Waals surface area contributed by atoms with Gasteiger partial charge in [-0.05, 0) is 48.2 Å². The molecule has 0 nitrogen and oxygen atoms in total. The molecule has 4 atom stereocenters. The van der Waals surface area contributed by atoms with Crippen molar-refractivity contribution < 1.29 is 0 Å². The summed E-state index contributed by atoms with van der Waals surface area (Å²) >= 11 is 0. The summed E-state index contributed by atoms with van der Waals surface area (Å²) in [4.78, 5) is 0. The van der Waals surface area contributed by atoms with Crippen molar-refractivity contribution in [3.63, 3.8) is 0 Å². The molecule has 1 fully saturated rings. The molecule has 0 aliphatic heterocycles. The summed E-state index contributed by atoms with van der Waals surface area (Å²) in [5.74, 6) is 2.72. The lowest BCUT2D eigenvalue weighted by Gasteiger charge is -2.41. The average molecular weight is 262 g/mol. The van der Waals surface area contributed by atoms with E-state index in [-0.39, 0.29) is 7.92 Å². The van der Waals surface area contributed by atoms with Gasteiger partial charge in [-0.3, -0.25) is 0 Å². The molecule has 1 aromatic carbocycles. The molecule has 0 radical (unpaired) electrons. The van der Waals surface area contributed by atoms with E-state index in [1.54, 1.807) is 5.30 Å². The molecule has 1 aliphatic carbocycles. The Bertz CT molecular complexity index is 357. The molecular formula is C17H27P. The lowest BCUT2D eigenvalue weighted by atomic mass is 9.77. The van der Waals surface area contributed by atoms with Gasteiger partial charge in [-0.1, -0.05) is 65.4 Å². The third-order valence-electron chi connectivity index (χ3n) is 4.65. The first-order valence-corrected chi connectivity index (χ1v) is 9.23. The summed E-state index contributed by atoms with van der Waals surface area (Å²) in [6.07, 6.45) is 4.33. The van der Waals surface area contributed by atoms with E-state index in [1.807, 2.05) is 0 Å². The Labute approximate surface area is 114 Å². The number of hydrogen-bond acceptors (Lipinski definition) is 0. The van der Waals surface area contributed by atoms with Gasteiger partial charge in [-0.2, -0.15) is 0 Å². The maximum Gasteiger partial charge on any atom is -0.0138 e. The first-order valence-electron chi connectivity index (χ1n) is 7.37. The fraction of sp³-hybridized carbons (Fsp3) is 0.647. The third kappa shape index (κ3) is 3.15. The van der Waals surface area contributed by atoms with Gasteiger partial charge in [0.25, 0.3) is 0 Å². The minimum atomic E-state index is 0.00778. The monoisotopic (exact) mass is 262 g/mol. The van der Waals surface area contributed by atoms with E-state index in [1.165, 1.54) is 19.3 Å². The standard InChI is InChI=1S/C17H27P/c1-13(2)16-11-10-14(3)12-17(16)18(4)15-8-6-5-7-9-15/h5-9,13-14,16-17H,10-12H2,1-4H3/t14-,16+,17-,18+/m1/s1. The molecule has 0 saturated heterocycles. The van der Waals surface area contributed by atoms with Crippen LogP contribution in [-0.4, -0.2) is 12.3 Å². The summed E-state index contributed by atoms with van der Waals surface area (Å²) < 4.78 is 0. The van der Waals surface area contributed by atoms with Gasteiger partial charge in [0.15, 0.2) is 0 Å². The zero-order valence-electron chi connectivity index (χ0n) is 12.3. The van der Waals surface area contributed by atoms with Gasteiger partial charge in [-0.15, -0.1) is 0 Å². The predicted octanol–water partition coefficient (Wildman–Crippen LogP) is 4.88. The second-order valence-electron chi connectivity index (χ2n) is 6.34. The molecule has 0 N–H and O–H groups in total. The first kappa shape index (κ1) is 14.1. The highest BCUT2D eigenvalue weighted by Gasteiger charge is 2.34. The zero-order valence-corrected chi connectivity index (χ0v) is 13.2. The highest BCUT2D eigenvalue weighted by molar-refractivity contribution is 7.65. The smallest absolute Gasteiger partial charge is 0.0138 e. The molecule has 0 aromatic heterocycles. The van der Waals surface area contributed by atoms with Crippen LogP contribution in [0.3, 0.4) is 0 Å². The topological polar surface area (TPSA) is 0 Å². The molecule has 0 heterocycles. The van der Waals surface area contributed by atoms with Gasteiger partial charge in [0.1, 0.15) is 0 Å². The van der Waals surface area contributed by atoms with E-state index in [9.17, 15) is 0 Å². The third-order valence-corrected chi connectivity index (χ3v) is 7.35. The Morgan fingerprint density at radius 2 is 1.78 bits per heavy atom. The van der Waals surface area contributed by atoms with Crippen LogP contribution in [0.4, 0.5) is 0 Å². The van der Waals surface area contributed by atoms with Crippen LogP contribution < -0.4 is 5.30 Å². The maximum atomic E-state index is 2.50. The van der Waals surface area contributed by atoms with Crippen molar-refractivity contribution in [2.24, 2.45) is 17.8 Å². The van der Waals surface area contributed by atoms with Crippen LogP contribution in [0.1, 0.15) is 40.0 Å². The molecule has 100 valence electrons. The highest BCUT2D eigenvalue weighted by atomic mass is 31.1. The number of benzene rings is 1. The summed E-state index contributed by atoms with van der Waals surface area (Å²) in [6.45, 7) is 9.78. The quantitative estimate of drug-likeness (QED) is 0.681. The van der Waals surface area contributed by atoms with Gasteiger partial charge in [-0.25, -0.2) is 0 Å². The van der Waals surface area contributed by atoms with E-state index in [0.717, 1.165) is 23.4 Å². The van der Waals surface area contributed by atoms with Crippen molar-refractivity contribution in [3.05, 3.63) is 30.3 Å². The molecule has 0 bridgehead atoms. The summed E-state index contributed by atoms with van der Waals surface area (Å²) in [5.41, 5.74) is 0.936. The molecule has 1 saturated carbocycles. The van der Waals surface area contributed by atoms with Crippen LogP contribution in [0.25, 0.3) is 0 Å². The Morgan fingerprint density at radius 1 is 1.11 bits per heavy atom. The van der Waals surface area contributed by atoms with Crippen LogP contribution in [0.2, 0.25) is 0 Å². The molecule has 1 aromatic rings. The highest BCUT2D eigenvalue weighted by Crippen LogP contribution is 2.50. The second-order valence-corrected chi connectivity index (χ2v) is 8.74. The fourth-order valence-corrected chi connectivity index (χ4v) is 6.22. The van der Waals surface area contributed by atoms with Crippen molar-refractivity contribution >= 4 is 13.2 Å². The zero-order chi connectivity index (χ0) is 13.1. The Hall–Kier alpha value is -0.350. The van der Waals surface area contributed by atoms with E-state index in [0.29, 0.717) is 0 Å². The SMILES string of the molecule is CC(C)[C@@H]1CC[C@@H](C)C[C@H]1[P@@](C)c1ccccc1. The van der Waals surface area contributed by atoms with Crippen molar-refractivity contribution in [3.8, 4) is 0 Å². The summed E-state index contributed by atoms with van der Waals surface area (Å²) in [5, 5.41) is 1.59. The Kier molecular flexibility index (Phi) is 4.84. The molecule has 1 heteroatoms. The van der Waals surface area contributed by atoms with E-state index < -0.39 is 0 Å². The minimum Gasteiger partial charge on any atom is -0.0750 e. The average Bonchev–Trinajstić information content (AvgIpc) is 2.38. The molecule has 18 heavy (non-hydrogen) atoms. The van der Waals surface area contributed by atoms with Crippen LogP contribution in [0, 0.1) is 17.8 Å². The van der Waals surface area contributed by atoms with Gasteiger partial charge in [0, 0.05) is 0 Å². The van der Waals surface area contributed by atoms with Gasteiger partial charge in [0.05, 0.1) is 0 Å². The predicted molar refractivity (Wildman–Crippen MR) is 84.1 cm³/mol. The molecule has 0 unspecified atom stereocenters. The molecule has 1 aliphatic rings. The van der Waals surface area contributed by atoms with E-state index in [2.05, 4.69) is 57.8 Å². The second kappa shape index (κ2) is 6.20. The Balaban J connectivity index is 2.17. The maximum absolute atomic E-state index is 2.50. The van der Waals surface area contributed by atoms with Gasteiger partial charge in [0.2, 0.25) is 0 Å². The molecule has 0 amide bonds. The van der Waals surface area contributed by atoms with E-state index >= 15 is 0 Å². The minimum absolute atomic E-state index is 0.00778. The molecule has 2 rings (SSSR count).